The van der Waals surface area contributed by atoms with Crippen LogP contribution >= 0.6 is 0 Å². The highest BCUT2D eigenvalue weighted by Crippen LogP contribution is 2.28. The summed E-state index contributed by atoms with van der Waals surface area (Å²) in [6, 6.07) is 14.8. The number of aromatic nitrogens is 5. The molecular weight excluding hydrogens is 474 g/mol. The Morgan fingerprint density at radius 1 is 1.03 bits per heavy atom. The van der Waals surface area contributed by atoms with E-state index in [9.17, 15) is 14.4 Å². The smallest absolute Gasteiger partial charge is 0.338 e. The zero-order valence-electron chi connectivity index (χ0n) is 20.7. The fourth-order valence-electron chi connectivity index (χ4n) is 4.16. The Hall–Kier alpha value is -4.73. The number of ether oxygens (including phenoxy) is 1. The van der Waals surface area contributed by atoms with Crippen molar-refractivity contribution in [1.29, 1.82) is 0 Å². The van der Waals surface area contributed by atoms with Gasteiger partial charge in [0.2, 0.25) is 5.89 Å². The van der Waals surface area contributed by atoms with Gasteiger partial charge in [-0.05, 0) is 25.5 Å². The molecular formula is C27H25N5O5. The van der Waals surface area contributed by atoms with Crippen LogP contribution in [0.2, 0.25) is 0 Å². The molecule has 0 aliphatic heterocycles. The SMILES string of the molecule is Cc1ccc(-c2cnc(-c3ccccc3C(=O)OCCCn3c(=O)c4c(ncn4C)n(C)c3=O)o2)cc1. The lowest BCUT2D eigenvalue weighted by molar-refractivity contribution is 0.0496. The Balaban J connectivity index is 1.29. The maximum absolute atomic E-state index is 12.9. The highest BCUT2D eigenvalue weighted by molar-refractivity contribution is 5.96. The largest absolute Gasteiger partial charge is 0.462 e. The van der Waals surface area contributed by atoms with Gasteiger partial charge in [0.05, 0.1) is 30.3 Å². The zero-order valence-corrected chi connectivity index (χ0v) is 20.7. The Morgan fingerprint density at radius 3 is 2.57 bits per heavy atom. The molecule has 0 N–H and O–H groups in total. The predicted octanol–water partition coefficient (Wildman–Crippen LogP) is 3.31. The van der Waals surface area contributed by atoms with E-state index in [1.807, 2.05) is 31.2 Å². The van der Waals surface area contributed by atoms with Crippen LogP contribution in [0.15, 0.2) is 75.1 Å². The standard InChI is InChI=1S/C27H25N5O5/c1-17-9-11-18(12-10-17)21-15-28-24(37-21)19-7-4-5-8-20(19)26(34)36-14-6-13-32-25(33)22-23(29-16-30(22)2)31(3)27(32)35/h4-5,7-12,15-16H,6,13-14H2,1-3H3. The number of nitrogens with zero attached hydrogens (tertiary/aromatic N) is 5. The van der Waals surface area contributed by atoms with Gasteiger partial charge in [-0.1, -0.05) is 42.0 Å². The van der Waals surface area contributed by atoms with E-state index >= 15 is 0 Å². The molecule has 0 saturated heterocycles. The van der Waals surface area contributed by atoms with Gasteiger partial charge in [0.15, 0.2) is 16.9 Å². The van der Waals surface area contributed by atoms with Crippen LogP contribution in [0, 0.1) is 6.92 Å². The van der Waals surface area contributed by atoms with E-state index < -0.39 is 17.2 Å². The summed E-state index contributed by atoms with van der Waals surface area (Å²) in [5.74, 6) is 0.353. The lowest BCUT2D eigenvalue weighted by Gasteiger charge is -2.10. The minimum atomic E-state index is -0.548. The van der Waals surface area contributed by atoms with Crippen LogP contribution in [-0.2, 0) is 25.4 Å². The number of imidazole rings is 1. The fraction of sp³-hybridized carbons (Fsp3) is 0.222. The van der Waals surface area contributed by atoms with E-state index in [1.165, 1.54) is 10.9 Å². The topological polar surface area (TPSA) is 114 Å². The first-order valence-electron chi connectivity index (χ1n) is 11.8. The second kappa shape index (κ2) is 9.73. The maximum Gasteiger partial charge on any atom is 0.338 e. The van der Waals surface area contributed by atoms with E-state index in [0.29, 0.717) is 33.9 Å². The zero-order chi connectivity index (χ0) is 26.1. The third kappa shape index (κ3) is 4.49. The summed E-state index contributed by atoms with van der Waals surface area (Å²) < 4.78 is 15.5. The minimum Gasteiger partial charge on any atom is -0.462 e. The van der Waals surface area contributed by atoms with Crippen LogP contribution in [0.25, 0.3) is 33.9 Å². The molecule has 0 radical (unpaired) electrons. The number of rotatable bonds is 7. The van der Waals surface area contributed by atoms with Crippen LogP contribution < -0.4 is 11.2 Å². The summed E-state index contributed by atoms with van der Waals surface area (Å²) in [6.45, 7) is 2.13. The Bertz CT molecular complexity index is 1720. The van der Waals surface area contributed by atoms with Crippen molar-refractivity contribution in [1.82, 2.24) is 23.7 Å². The first-order valence-corrected chi connectivity index (χ1v) is 11.8. The molecule has 0 saturated carbocycles. The number of carbonyl (C=O) groups is 1. The van der Waals surface area contributed by atoms with Crippen molar-refractivity contribution in [2.45, 2.75) is 19.9 Å². The maximum atomic E-state index is 12.9. The number of hydrogen-bond donors (Lipinski definition) is 0. The van der Waals surface area contributed by atoms with Crippen LogP contribution in [-0.4, -0.2) is 36.2 Å². The average Bonchev–Trinajstić information content (AvgIpc) is 3.55. The van der Waals surface area contributed by atoms with Crippen LogP contribution in [0.4, 0.5) is 0 Å². The first kappa shape index (κ1) is 24.0. The van der Waals surface area contributed by atoms with E-state index in [4.69, 9.17) is 9.15 Å². The number of esters is 1. The van der Waals surface area contributed by atoms with Crippen molar-refractivity contribution in [2.75, 3.05) is 6.61 Å². The summed E-state index contributed by atoms with van der Waals surface area (Å²) in [6.07, 6.45) is 3.40. The van der Waals surface area contributed by atoms with E-state index in [0.717, 1.165) is 15.7 Å². The molecule has 0 fully saturated rings. The molecule has 5 aromatic rings. The molecule has 188 valence electrons. The lowest BCUT2D eigenvalue weighted by Crippen LogP contribution is -2.39. The Labute approximate surface area is 211 Å². The first-order chi connectivity index (χ1) is 17.8. The third-order valence-electron chi connectivity index (χ3n) is 6.18. The van der Waals surface area contributed by atoms with E-state index in [1.54, 1.807) is 49.1 Å². The van der Waals surface area contributed by atoms with Crippen molar-refractivity contribution in [3.8, 4) is 22.8 Å². The molecule has 3 heterocycles. The second-order valence-corrected chi connectivity index (χ2v) is 8.76. The van der Waals surface area contributed by atoms with E-state index in [-0.39, 0.29) is 19.6 Å². The van der Waals surface area contributed by atoms with Crippen molar-refractivity contribution in [2.24, 2.45) is 14.1 Å². The van der Waals surface area contributed by atoms with Crippen LogP contribution in [0.1, 0.15) is 22.3 Å². The van der Waals surface area contributed by atoms with Crippen molar-refractivity contribution < 1.29 is 13.9 Å². The van der Waals surface area contributed by atoms with E-state index in [2.05, 4.69) is 9.97 Å². The number of carbonyl (C=O) groups excluding carboxylic acids is 1. The average molecular weight is 500 g/mol. The van der Waals surface area contributed by atoms with Crippen molar-refractivity contribution >= 4 is 17.1 Å². The highest BCUT2D eigenvalue weighted by atomic mass is 16.5. The van der Waals surface area contributed by atoms with Gasteiger partial charge in [0.25, 0.3) is 5.56 Å². The summed E-state index contributed by atoms with van der Waals surface area (Å²) >= 11 is 0. The van der Waals surface area contributed by atoms with Gasteiger partial charge < -0.3 is 13.7 Å². The lowest BCUT2D eigenvalue weighted by atomic mass is 10.1. The van der Waals surface area contributed by atoms with Gasteiger partial charge in [-0.2, -0.15) is 0 Å². The molecule has 0 bridgehead atoms. The molecule has 0 atom stereocenters. The van der Waals surface area contributed by atoms with Gasteiger partial charge in [-0.15, -0.1) is 0 Å². The van der Waals surface area contributed by atoms with Gasteiger partial charge in [-0.25, -0.2) is 19.6 Å². The third-order valence-corrected chi connectivity index (χ3v) is 6.18. The number of benzene rings is 2. The number of aryl methyl sites for hydroxylation is 3. The van der Waals surface area contributed by atoms with Gasteiger partial charge in [0.1, 0.15) is 0 Å². The molecule has 10 heteroatoms. The molecule has 0 aliphatic rings. The molecule has 2 aromatic carbocycles. The Kier molecular flexibility index (Phi) is 6.31. The second-order valence-electron chi connectivity index (χ2n) is 8.76. The molecule has 0 aliphatic carbocycles. The summed E-state index contributed by atoms with van der Waals surface area (Å²) in [5.41, 5.74) is 2.61. The van der Waals surface area contributed by atoms with Gasteiger partial charge >= 0.3 is 11.7 Å². The quantitative estimate of drug-likeness (QED) is 0.249. The molecule has 5 rings (SSSR count). The normalized spacial score (nSPS) is 11.2. The van der Waals surface area contributed by atoms with Crippen LogP contribution in [0.5, 0.6) is 0 Å². The molecule has 10 nitrogen and oxygen atoms in total. The van der Waals surface area contributed by atoms with Crippen molar-refractivity contribution in [3.05, 3.63) is 93.0 Å². The summed E-state index contributed by atoms with van der Waals surface area (Å²) in [7, 11) is 3.26. The minimum absolute atomic E-state index is 0.0202. The van der Waals surface area contributed by atoms with Crippen molar-refractivity contribution in [3.63, 3.8) is 0 Å². The molecule has 37 heavy (non-hydrogen) atoms. The fourth-order valence-corrected chi connectivity index (χ4v) is 4.16. The summed E-state index contributed by atoms with van der Waals surface area (Å²) in [5, 5.41) is 0. The predicted molar refractivity (Wildman–Crippen MR) is 137 cm³/mol. The Morgan fingerprint density at radius 2 is 1.78 bits per heavy atom. The number of fused-ring (bicyclic) bond motifs is 1. The summed E-state index contributed by atoms with van der Waals surface area (Å²) in [4.78, 5) is 46.8. The number of hydrogen-bond acceptors (Lipinski definition) is 7. The monoisotopic (exact) mass is 499 g/mol. The van der Waals surface area contributed by atoms with Gasteiger partial charge in [-0.3, -0.25) is 13.9 Å². The van der Waals surface area contributed by atoms with Gasteiger partial charge in [0, 0.05) is 26.2 Å². The number of oxazole rings is 1. The molecule has 3 aromatic heterocycles. The molecule has 0 amide bonds. The molecule has 0 spiro atoms. The molecule has 0 unspecified atom stereocenters. The van der Waals surface area contributed by atoms with Crippen LogP contribution in [0.3, 0.4) is 0 Å². The highest BCUT2D eigenvalue weighted by Gasteiger charge is 2.19.